The number of hydrogen-bond donors (Lipinski definition) is 1. The summed E-state index contributed by atoms with van der Waals surface area (Å²) >= 11 is 0. The summed E-state index contributed by atoms with van der Waals surface area (Å²) in [5.41, 5.74) is 1.38. The Morgan fingerprint density at radius 3 is 2.80 bits per heavy atom. The molecule has 1 N–H and O–H groups in total. The highest BCUT2D eigenvalue weighted by Crippen LogP contribution is 2.39. The van der Waals surface area contributed by atoms with Crippen molar-refractivity contribution in [1.82, 2.24) is 5.32 Å². The average molecular weight is 278 g/mol. The quantitative estimate of drug-likeness (QED) is 0.904. The number of nitrogens with one attached hydrogen (secondary N) is 1. The molecule has 2 atom stereocenters. The molecule has 112 valence electrons. The van der Waals surface area contributed by atoms with E-state index in [4.69, 9.17) is 0 Å². The largest absolute Gasteiger partial charge is 0.374 e. The standard InChI is InChI=1S/C17H27FN2/c1-17(2)9-8-16(19-3)13(11-17)12-20(4)15-7-5-6-14(18)10-15/h5-7,10,13,16,19H,8-9,11-12H2,1-4H3. The van der Waals surface area contributed by atoms with Crippen LogP contribution in [0.15, 0.2) is 24.3 Å². The van der Waals surface area contributed by atoms with Gasteiger partial charge in [-0.05, 0) is 55.8 Å². The first-order valence-corrected chi connectivity index (χ1v) is 7.55. The van der Waals surface area contributed by atoms with Gasteiger partial charge in [-0.25, -0.2) is 4.39 Å². The molecule has 0 heterocycles. The predicted octanol–water partition coefficient (Wildman–Crippen LogP) is 3.68. The molecule has 20 heavy (non-hydrogen) atoms. The van der Waals surface area contributed by atoms with Crippen LogP contribution in [0.25, 0.3) is 0 Å². The fraction of sp³-hybridized carbons (Fsp3) is 0.647. The van der Waals surface area contributed by atoms with Gasteiger partial charge in [0.2, 0.25) is 0 Å². The molecular weight excluding hydrogens is 251 g/mol. The van der Waals surface area contributed by atoms with Gasteiger partial charge in [0.1, 0.15) is 5.82 Å². The third-order valence-corrected chi connectivity index (χ3v) is 4.64. The first-order chi connectivity index (χ1) is 9.41. The van der Waals surface area contributed by atoms with Gasteiger partial charge in [0.25, 0.3) is 0 Å². The van der Waals surface area contributed by atoms with Crippen molar-refractivity contribution in [2.45, 2.75) is 39.2 Å². The van der Waals surface area contributed by atoms with Crippen molar-refractivity contribution in [2.75, 3.05) is 25.5 Å². The van der Waals surface area contributed by atoms with Gasteiger partial charge >= 0.3 is 0 Å². The summed E-state index contributed by atoms with van der Waals surface area (Å²) in [4.78, 5) is 2.18. The number of rotatable bonds is 4. The minimum atomic E-state index is -0.163. The molecule has 1 aliphatic rings. The monoisotopic (exact) mass is 278 g/mol. The van der Waals surface area contributed by atoms with Crippen molar-refractivity contribution in [3.05, 3.63) is 30.1 Å². The zero-order valence-electron chi connectivity index (χ0n) is 13.1. The minimum absolute atomic E-state index is 0.163. The van der Waals surface area contributed by atoms with Crippen molar-refractivity contribution >= 4 is 5.69 Å². The number of benzene rings is 1. The van der Waals surface area contributed by atoms with Crippen LogP contribution in [0.2, 0.25) is 0 Å². The summed E-state index contributed by atoms with van der Waals surface area (Å²) < 4.78 is 13.3. The van der Waals surface area contributed by atoms with E-state index < -0.39 is 0 Å². The van der Waals surface area contributed by atoms with Crippen LogP contribution in [0, 0.1) is 17.2 Å². The van der Waals surface area contributed by atoms with Crippen molar-refractivity contribution in [3.8, 4) is 0 Å². The van der Waals surface area contributed by atoms with Gasteiger partial charge in [0.05, 0.1) is 0 Å². The molecule has 2 unspecified atom stereocenters. The van der Waals surface area contributed by atoms with Crippen LogP contribution in [0.5, 0.6) is 0 Å². The maximum absolute atomic E-state index is 13.3. The molecule has 1 aliphatic carbocycles. The molecule has 0 amide bonds. The predicted molar refractivity (Wildman–Crippen MR) is 83.6 cm³/mol. The third kappa shape index (κ3) is 3.72. The zero-order chi connectivity index (χ0) is 14.8. The molecule has 0 bridgehead atoms. The summed E-state index contributed by atoms with van der Waals surface area (Å²) in [6, 6.07) is 7.44. The first-order valence-electron chi connectivity index (χ1n) is 7.55. The molecule has 2 nitrogen and oxygen atoms in total. The zero-order valence-corrected chi connectivity index (χ0v) is 13.1. The highest BCUT2D eigenvalue weighted by atomic mass is 19.1. The fourth-order valence-corrected chi connectivity index (χ4v) is 3.48. The number of halogens is 1. The second-order valence-electron chi connectivity index (χ2n) is 6.92. The molecular formula is C17H27FN2. The Labute approximate surface area is 122 Å². The Bertz CT molecular complexity index is 444. The molecule has 0 aromatic heterocycles. The maximum atomic E-state index is 13.3. The van der Waals surface area contributed by atoms with E-state index >= 15 is 0 Å². The highest BCUT2D eigenvalue weighted by Gasteiger charge is 2.34. The molecule has 1 fully saturated rings. The average Bonchev–Trinajstić information content (AvgIpc) is 2.38. The molecule has 0 radical (unpaired) electrons. The number of nitrogens with zero attached hydrogens (tertiary/aromatic N) is 1. The normalized spacial score (nSPS) is 25.4. The SMILES string of the molecule is CNC1CCC(C)(C)CC1CN(C)c1cccc(F)c1. The van der Waals surface area contributed by atoms with Crippen molar-refractivity contribution in [3.63, 3.8) is 0 Å². The Morgan fingerprint density at radius 1 is 1.40 bits per heavy atom. The Hall–Kier alpha value is -1.09. The van der Waals surface area contributed by atoms with E-state index in [0.717, 1.165) is 12.2 Å². The van der Waals surface area contributed by atoms with Gasteiger partial charge in [-0.3, -0.25) is 0 Å². The van der Waals surface area contributed by atoms with Gasteiger partial charge < -0.3 is 10.2 Å². The van der Waals surface area contributed by atoms with Crippen LogP contribution < -0.4 is 10.2 Å². The summed E-state index contributed by atoms with van der Waals surface area (Å²) in [5, 5.41) is 3.46. The second-order valence-corrected chi connectivity index (χ2v) is 6.92. The minimum Gasteiger partial charge on any atom is -0.374 e. The molecule has 1 aromatic carbocycles. The number of anilines is 1. The Balaban J connectivity index is 2.06. The van der Waals surface area contributed by atoms with Crippen molar-refractivity contribution < 1.29 is 4.39 Å². The van der Waals surface area contributed by atoms with Gasteiger partial charge in [0, 0.05) is 25.3 Å². The smallest absolute Gasteiger partial charge is 0.125 e. The summed E-state index contributed by atoms with van der Waals surface area (Å²) in [7, 11) is 4.11. The van der Waals surface area contributed by atoms with Gasteiger partial charge in [-0.1, -0.05) is 19.9 Å². The molecule has 0 spiro atoms. The van der Waals surface area contributed by atoms with Crippen molar-refractivity contribution in [2.24, 2.45) is 11.3 Å². The topological polar surface area (TPSA) is 15.3 Å². The molecule has 1 saturated carbocycles. The van der Waals surface area contributed by atoms with Crippen LogP contribution in [0.1, 0.15) is 33.1 Å². The molecule has 1 aromatic rings. The molecule has 3 heteroatoms. The van der Waals surface area contributed by atoms with Gasteiger partial charge in [-0.15, -0.1) is 0 Å². The lowest BCUT2D eigenvalue weighted by molar-refractivity contribution is 0.146. The van der Waals surface area contributed by atoms with Crippen LogP contribution in [-0.2, 0) is 0 Å². The lowest BCUT2D eigenvalue weighted by Crippen LogP contribution is -2.45. The van der Waals surface area contributed by atoms with E-state index in [1.165, 1.54) is 25.3 Å². The highest BCUT2D eigenvalue weighted by molar-refractivity contribution is 5.45. The molecule has 0 saturated heterocycles. The second kappa shape index (κ2) is 6.13. The summed E-state index contributed by atoms with van der Waals surface area (Å²) in [5.74, 6) is 0.445. The van der Waals surface area contributed by atoms with E-state index in [9.17, 15) is 4.39 Å². The van der Waals surface area contributed by atoms with Crippen LogP contribution in [0.3, 0.4) is 0 Å². The van der Waals surface area contributed by atoms with Crippen LogP contribution in [-0.4, -0.2) is 26.7 Å². The van der Waals surface area contributed by atoms with Crippen LogP contribution in [0.4, 0.5) is 10.1 Å². The van der Waals surface area contributed by atoms with E-state index in [1.54, 1.807) is 12.1 Å². The van der Waals surface area contributed by atoms with E-state index in [1.807, 2.05) is 6.07 Å². The van der Waals surface area contributed by atoms with Gasteiger partial charge in [0.15, 0.2) is 0 Å². The van der Waals surface area contributed by atoms with Crippen LogP contribution >= 0.6 is 0 Å². The lowest BCUT2D eigenvalue weighted by atomic mass is 9.69. The fourth-order valence-electron chi connectivity index (χ4n) is 3.48. The maximum Gasteiger partial charge on any atom is 0.125 e. The molecule has 2 rings (SSSR count). The van der Waals surface area contributed by atoms with E-state index in [-0.39, 0.29) is 5.82 Å². The third-order valence-electron chi connectivity index (χ3n) is 4.64. The van der Waals surface area contributed by atoms with Crippen molar-refractivity contribution in [1.29, 1.82) is 0 Å². The first kappa shape index (κ1) is 15.3. The Morgan fingerprint density at radius 2 is 2.15 bits per heavy atom. The molecule has 0 aliphatic heterocycles. The van der Waals surface area contributed by atoms with Gasteiger partial charge in [-0.2, -0.15) is 0 Å². The number of hydrogen-bond acceptors (Lipinski definition) is 2. The lowest BCUT2D eigenvalue weighted by Gasteiger charge is -2.42. The summed E-state index contributed by atoms with van der Waals surface area (Å²) in [6.45, 7) is 5.68. The van der Waals surface area contributed by atoms with E-state index in [2.05, 4.69) is 38.2 Å². The van der Waals surface area contributed by atoms with E-state index in [0.29, 0.717) is 17.4 Å². The Kier molecular flexibility index (Phi) is 4.69. The summed E-state index contributed by atoms with van der Waals surface area (Å²) in [6.07, 6.45) is 3.72.